The number of urea groups is 1. The average Bonchev–Trinajstić information content (AvgIpc) is 3.07. The lowest BCUT2D eigenvalue weighted by atomic mass is 10.0. The molecule has 286 valence electrons. The zero-order valence-corrected chi connectivity index (χ0v) is 30.6. The maximum atomic E-state index is 13.1. The average molecular weight is 736 g/mol. The van der Waals surface area contributed by atoms with Crippen molar-refractivity contribution in [1.29, 1.82) is 0 Å². The number of methoxy groups -OCH3 is 3. The number of rotatable bonds is 27. The molecule has 2 atom stereocenters. The van der Waals surface area contributed by atoms with Crippen LogP contribution in [0.25, 0.3) is 0 Å². The van der Waals surface area contributed by atoms with E-state index in [2.05, 4.69) is 29.6 Å². The first-order valence-corrected chi connectivity index (χ1v) is 17.5. The summed E-state index contributed by atoms with van der Waals surface area (Å²) in [5.41, 5.74) is -0.354. The molecule has 1 aromatic rings. The first-order chi connectivity index (χ1) is 23.8. The summed E-state index contributed by atoms with van der Waals surface area (Å²) in [5, 5.41) is 5.57. The molecule has 0 aliphatic carbocycles. The van der Waals surface area contributed by atoms with E-state index in [0.717, 1.165) is 5.56 Å². The smallest absolute Gasteiger partial charge is 0.315 e. The molecular weight excluding hydrogens is 682 g/mol. The van der Waals surface area contributed by atoms with Gasteiger partial charge < -0.3 is 48.5 Å². The Morgan fingerprint density at radius 3 is 1.50 bits per heavy atom. The van der Waals surface area contributed by atoms with Crippen molar-refractivity contribution in [2.75, 3.05) is 87.4 Å². The van der Waals surface area contributed by atoms with E-state index in [9.17, 15) is 27.6 Å². The Kier molecular flexibility index (Phi) is 22.1. The predicted octanol–water partition coefficient (Wildman–Crippen LogP) is 0.861. The van der Waals surface area contributed by atoms with E-state index in [0.29, 0.717) is 0 Å². The summed E-state index contributed by atoms with van der Waals surface area (Å²) in [6.45, 7) is 5.37. The Balaban J connectivity index is 2.67. The first-order valence-electron chi connectivity index (χ1n) is 16.0. The molecular formula is C32H53N3O14S. The first kappa shape index (κ1) is 44.6. The maximum absolute atomic E-state index is 13.1. The van der Waals surface area contributed by atoms with Gasteiger partial charge in [0.1, 0.15) is 5.54 Å². The zero-order valence-electron chi connectivity index (χ0n) is 29.8. The molecule has 0 fully saturated rings. The monoisotopic (exact) mass is 735 g/mol. The third-order valence-electron chi connectivity index (χ3n) is 6.72. The van der Waals surface area contributed by atoms with Crippen LogP contribution in [0.15, 0.2) is 29.2 Å². The zero-order chi connectivity index (χ0) is 37.4. The van der Waals surface area contributed by atoms with Gasteiger partial charge in [-0.3, -0.25) is 14.4 Å². The van der Waals surface area contributed by atoms with Gasteiger partial charge in [0, 0.05) is 6.04 Å². The minimum atomic E-state index is -3.68. The minimum absolute atomic E-state index is 0.0221. The number of carbonyl (C=O) groups is 4. The summed E-state index contributed by atoms with van der Waals surface area (Å²) >= 11 is 0. The molecule has 17 nitrogen and oxygen atoms in total. The van der Waals surface area contributed by atoms with Crippen LogP contribution in [-0.2, 0) is 62.3 Å². The SMILES string of the molecule is COC(=O)CCOCC(COCCC(=O)OC)(COCCC(=O)OC)NC(=O)NC(C)COCCOCC(C)NS(=O)(=O)c1ccc(C)cc1. The maximum Gasteiger partial charge on any atom is 0.315 e. The summed E-state index contributed by atoms with van der Waals surface area (Å²) in [7, 11) is 0.0754. The van der Waals surface area contributed by atoms with Crippen LogP contribution in [0.5, 0.6) is 0 Å². The van der Waals surface area contributed by atoms with Crippen molar-refractivity contribution in [2.24, 2.45) is 0 Å². The molecule has 18 heteroatoms. The second-order valence-electron chi connectivity index (χ2n) is 11.4. The molecule has 3 N–H and O–H groups in total. The molecule has 1 aromatic carbocycles. The normalized spacial score (nSPS) is 12.8. The quantitative estimate of drug-likeness (QED) is 0.0650. The third kappa shape index (κ3) is 19.7. The summed E-state index contributed by atoms with van der Waals surface area (Å²) < 4.78 is 69.8. The van der Waals surface area contributed by atoms with Crippen LogP contribution in [-0.4, -0.2) is 137 Å². The minimum Gasteiger partial charge on any atom is -0.469 e. The molecule has 0 aliphatic rings. The third-order valence-corrected chi connectivity index (χ3v) is 8.33. The van der Waals surface area contributed by atoms with Gasteiger partial charge in [0.15, 0.2) is 0 Å². The molecule has 2 unspecified atom stereocenters. The fourth-order valence-corrected chi connectivity index (χ4v) is 5.30. The largest absolute Gasteiger partial charge is 0.469 e. The molecule has 0 heterocycles. The van der Waals surface area contributed by atoms with Crippen LogP contribution in [0.4, 0.5) is 4.79 Å². The second kappa shape index (κ2) is 24.7. The Morgan fingerprint density at radius 2 is 1.08 bits per heavy atom. The molecule has 50 heavy (non-hydrogen) atoms. The number of benzene rings is 1. The molecule has 0 aromatic heterocycles. The molecule has 0 saturated heterocycles. The van der Waals surface area contributed by atoms with Crippen LogP contribution >= 0.6 is 0 Å². The Labute approximate surface area is 294 Å². The van der Waals surface area contributed by atoms with Gasteiger partial charge in [-0.1, -0.05) is 17.7 Å². The van der Waals surface area contributed by atoms with Crippen molar-refractivity contribution in [3.8, 4) is 0 Å². The van der Waals surface area contributed by atoms with Crippen LogP contribution in [0, 0.1) is 6.92 Å². The van der Waals surface area contributed by atoms with Crippen molar-refractivity contribution < 1.29 is 65.5 Å². The molecule has 1 rings (SSSR count). The fraction of sp³-hybridized carbons (Fsp3) is 0.688. The number of sulfonamides is 1. The lowest BCUT2D eigenvalue weighted by molar-refractivity contribution is -0.142. The fourth-order valence-electron chi connectivity index (χ4n) is 4.07. The number of amides is 2. The van der Waals surface area contributed by atoms with Gasteiger partial charge >= 0.3 is 23.9 Å². The molecule has 0 bridgehead atoms. The highest BCUT2D eigenvalue weighted by molar-refractivity contribution is 7.89. The lowest BCUT2D eigenvalue weighted by Gasteiger charge is -2.34. The summed E-state index contributed by atoms with van der Waals surface area (Å²) in [6, 6.07) is 4.97. The summed E-state index contributed by atoms with van der Waals surface area (Å²) in [6.07, 6.45) is -0.109. The molecule has 0 radical (unpaired) electrons. The number of aryl methyl sites for hydroxylation is 1. The van der Waals surface area contributed by atoms with Crippen molar-refractivity contribution in [3.05, 3.63) is 29.8 Å². The van der Waals surface area contributed by atoms with E-state index in [1.54, 1.807) is 38.1 Å². The molecule has 0 aliphatic heterocycles. The van der Waals surface area contributed by atoms with Crippen molar-refractivity contribution >= 4 is 34.0 Å². The van der Waals surface area contributed by atoms with Gasteiger partial charge in [0.25, 0.3) is 0 Å². The Hall–Kier alpha value is -3.39. The Morgan fingerprint density at radius 1 is 0.660 bits per heavy atom. The predicted molar refractivity (Wildman–Crippen MR) is 179 cm³/mol. The number of nitrogens with one attached hydrogen (secondary N) is 3. The standard InChI is InChI=1S/C32H53N3O14S/c1-24-7-9-27(10-8-24)50(40,41)35-26(3)20-46-18-17-45-19-25(2)33-31(39)34-32(21-47-14-11-28(36)42-4,22-48-15-12-29(37)43-5)23-49-16-13-30(38)44-6/h7-10,25-26,35H,11-23H2,1-6H3,(H2,33,34,39). The van der Waals surface area contributed by atoms with Gasteiger partial charge in [-0.25, -0.2) is 17.9 Å². The summed E-state index contributed by atoms with van der Waals surface area (Å²) in [5.74, 6) is -1.45. The number of hydrogen-bond donors (Lipinski definition) is 3. The van der Waals surface area contributed by atoms with Gasteiger partial charge in [-0.2, -0.15) is 0 Å². The highest BCUT2D eigenvalue weighted by atomic mass is 32.2. The highest BCUT2D eigenvalue weighted by Gasteiger charge is 2.34. The van der Waals surface area contributed by atoms with Gasteiger partial charge in [-0.05, 0) is 32.9 Å². The van der Waals surface area contributed by atoms with E-state index >= 15 is 0 Å². The van der Waals surface area contributed by atoms with E-state index in [-0.39, 0.29) is 90.2 Å². The summed E-state index contributed by atoms with van der Waals surface area (Å²) in [4.78, 5) is 48.0. The van der Waals surface area contributed by atoms with E-state index in [1.165, 1.54) is 21.3 Å². The molecule has 0 spiro atoms. The number of hydrogen-bond acceptors (Lipinski definition) is 14. The number of ether oxygens (including phenoxy) is 8. The van der Waals surface area contributed by atoms with Crippen molar-refractivity contribution in [2.45, 2.75) is 62.6 Å². The van der Waals surface area contributed by atoms with Crippen LogP contribution < -0.4 is 15.4 Å². The van der Waals surface area contributed by atoms with E-state index in [4.69, 9.17) is 23.7 Å². The second-order valence-corrected chi connectivity index (χ2v) is 13.1. The van der Waals surface area contributed by atoms with E-state index < -0.39 is 51.6 Å². The van der Waals surface area contributed by atoms with Crippen molar-refractivity contribution in [3.63, 3.8) is 0 Å². The van der Waals surface area contributed by atoms with Gasteiger partial charge in [0.2, 0.25) is 10.0 Å². The van der Waals surface area contributed by atoms with Crippen LogP contribution in [0.2, 0.25) is 0 Å². The van der Waals surface area contributed by atoms with Crippen LogP contribution in [0.1, 0.15) is 38.7 Å². The Bertz CT molecular complexity index is 1200. The lowest BCUT2D eigenvalue weighted by Crippen LogP contribution is -2.61. The number of carbonyl (C=O) groups excluding carboxylic acids is 4. The number of esters is 3. The van der Waals surface area contributed by atoms with Crippen LogP contribution in [0.3, 0.4) is 0 Å². The topological polar surface area (TPSA) is 212 Å². The van der Waals surface area contributed by atoms with E-state index in [1.807, 2.05) is 6.92 Å². The molecule has 0 saturated carbocycles. The van der Waals surface area contributed by atoms with Crippen molar-refractivity contribution in [1.82, 2.24) is 15.4 Å². The molecule has 2 amide bonds. The van der Waals surface area contributed by atoms with Gasteiger partial charge in [0.05, 0.1) is 118 Å². The van der Waals surface area contributed by atoms with Gasteiger partial charge in [-0.15, -0.1) is 0 Å². The highest BCUT2D eigenvalue weighted by Crippen LogP contribution is 2.12.